The average Bonchev–Trinajstić information content (AvgIpc) is 2.72. The highest BCUT2D eigenvalue weighted by Crippen LogP contribution is 2.28. The third-order valence-electron chi connectivity index (χ3n) is 5.54. The van der Waals surface area contributed by atoms with Crippen LogP contribution in [0.15, 0.2) is 24.3 Å². The van der Waals surface area contributed by atoms with Gasteiger partial charge in [-0.3, -0.25) is 4.79 Å². The van der Waals surface area contributed by atoms with Gasteiger partial charge in [-0.2, -0.15) is 0 Å². The van der Waals surface area contributed by atoms with Gasteiger partial charge in [0, 0.05) is 18.7 Å². The maximum atomic E-state index is 12.2. The summed E-state index contributed by atoms with van der Waals surface area (Å²) in [5.74, 6) is 2.16. The minimum Gasteiger partial charge on any atom is -0.493 e. The second kappa shape index (κ2) is 11.7. The molecule has 1 fully saturated rings. The molecular formula is C23H36N2O3. The van der Waals surface area contributed by atoms with Gasteiger partial charge in [-0.1, -0.05) is 26.8 Å². The molecule has 0 heterocycles. The summed E-state index contributed by atoms with van der Waals surface area (Å²) in [5, 5.41) is 3.11. The maximum absolute atomic E-state index is 12.2. The van der Waals surface area contributed by atoms with Crippen molar-refractivity contribution in [3.63, 3.8) is 0 Å². The summed E-state index contributed by atoms with van der Waals surface area (Å²) in [6.45, 7) is 10.1. The molecule has 0 aliphatic heterocycles. The lowest BCUT2D eigenvalue weighted by Crippen LogP contribution is -2.36. The first-order valence-corrected chi connectivity index (χ1v) is 10.6. The number of methoxy groups -OCH3 is 1. The van der Waals surface area contributed by atoms with E-state index >= 15 is 0 Å². The molecule has 1 aliphatic carbocycles. The summed E-state index contributed by atoms with van der Waals surface area (Å²) in [6, 6.07) is 6.06. The Morgan fingerprint density at radius 3 is 2.54 bits per heavy atom. The van der Waals surface area contributed by atoms with Crippen molar-refractivity contribution in [1.82, 2.24) is 10.2 Å². The molecule has 1 aromatic carbocycles. The molecule has 1 saturated carbocycles. The smallest absolute Gasteiger partial charge is 0.244 e. The molecule has 5 heteroatoms. The molecule has 5 nitrogen and oxygen atoms in total. The van der Waals surface area contributed by atoms with Gasteiger partial charge < -0.3 is 19.7 Å². The van der Waals surface area contributed by atoms with Crippen LogP contribution in [0, 0.1) is 5.92 Å². The van der Waals surface area contributed by atoms with Gasteiger partial charge in [-0.15, -0.1) is 0 Å². The summed E-state index contributed by atoms with van der Waals surface area (Å²) in [6.07, 6.45) is 7.97. The molecule has 1 amide bonds. The molecule has 28 heavy (non-hydrogen) atoms. The second-order valence-corrected chi connectivity index (χ2v) is 7.58. The molecular weight excluding hydrogens is 352 g/mol. The van der Waals surface area contributed by atoms with E-state index in [1.807, 2.05) is 24.3 Å². The van der Waals surface area contributed by atoms with E-state index in [0.717, 1.165) is 49.7 Å². The molecule has 0 saturated heterocycles. The van der Waals surface area contributed by atoms with Gasteiger partial charge in [-0.25, -0.2) is 0 Å². The van der Waals surface area contributed by atoms with E-state index in [2.05, 4.69) is 31.0 Å². The summed E-state index contributed by atoms with van der Waals surface area (Å²) < 4.78 is 11.3. The van der Waals surface area contributed by atoms with E-state index in [1.165, 1.54) is 12.8 Å². The van der Waals surface area contributed by atoms with Crippen LogP contribution in [-0.4, -0.2) is 50.2 Å². The first-order chi connectivity index (χ1) is 13.5. The van der Waals surface area contributed by atoms with Crippen molar-refractivity contribution in [2.45, 2.75) is 52.5 Å². The van der Waals surface area contributed by atoms with Gasteiger partial charge >= 0.3 is 0 Å². The Morgan fingerprint density at radius 1 is 1.18 bits per heavy atom. The summed E-state index contributed by atoms with van der Waals surface area (Å²) >= 11 is 0. The lowest BCUT2D eigenvalue weighted by Gasteiger charge is -2.26. The Hall–Kier alpha value is -2.01. The normalized spacial score (nSPS) is 19.8. The largest absolute Gasteiger partial charge is 0.493 e. The predicted octanol–water partition coefficient (Wildman–Crippen LogP) is 4.12. The molecule has 1 aliphatic rings. The molecule has 1 N–H and O–H groups in total. The van der Waals surface area contributed by atoms with Crippen molar-refractivity contribution in [2.75, 3.05) is 33.4 Å². The van der Waals surface area contributed by atoms with E-state index in [9.17, 15) is 4.79 Å². The Labute approximate surface area is 170 Å². The Morgan fingerprint density at radius 2 is 1.89 bits per heavy atom. The molecule has 2 rings (SSSR count). The minimum absolute atomic E-state index is 0.0296. The number of likely N-dealkylation sites (N-methyl/N-ethyl adjacent to an activating group) is 1. The highest BCUT2D eigenvalue weighted by Gasteiger charge is 2.18. The van der Waals surface area contributed by atoms with Crippen LogP contribution in [0.2, 0.25) is 0 Å². The molecule has 1 aromatic rings. The van der Waals surface area contributed by atoms with E-state index in [-0.39, 0.29) is 5.91 Å². The number of carbonyl (C=O) groups excluding carboxylic acids is 1. The van der Waals surface area contributed by atoms with E-state index in [0.29, 0.717) is 18.4 Å². The quantitative estimate of drug-likeness (QED) is 0.613. The molecule has 0 atom stereocenters. The van der Waals surface area contributed by atoms with Crippen LogP contribution in [0.25, 0.3) is 6.08 Å². The van der Waals surface area contributed by atoms with Crippen LogP contribution in [-0.2, 0) is 4.79 Å². The van der Waals surface area contributed by atoms with Crippen LogP contribution < -0.4 is 14.8 Å². The molecule has 0 bridgehead atoms. The van der Waals surface area contributed by atoms with Gasteiger partial charge in [0.15, 0.2) is 11.5 Å². The number of carbonyl (C=O) groups is 1. The first-order valence-electron chi connectivity index (χ1n) is 10.6. The van der Waals surface area contributed by atoms with E-state index < -0.39 is 0 Å². The Kier molecular flexibility index (Phi) is 9.35. The van der Waals surface area contributed by atoms with Gasteiger partial charge in [0.1, 0.15) is 6.61 Å². The molecule has 0 aromatic heterocycles. The van der Waals surface area contributed by atoms with Crippen LogP contribution in [0.4, 0.5) is 0 Å². The van der Waals surface area contributed by atoms with Gasteiger partial charge in [0.05, 0.1) is 7.11 Å². The zero-order chi connectivity index (χ0) is 20.4. The highest BCUT2D eigenvalue weighted by molar-refractivity contribution is 5.92. The minimum atomic E-state index is -0.0296. The lowest BCUT2D eigenvalue weighted by atomic mass is 9.87. The number of hydrogen-bond donors (Lipinski definition) is 1. The highest BCUT2D eigenvalue weighted by atomic mass is 16.5. The lowest BCUT2D eigenvalue weighted by molar-refractivity contribution is -0.117. The van der Waals surface area contributed by atoms with Crippen molar-refractivity contribution in [1.29, 1.82) is 0 Å². The van der Waals surface area contributed by atoms with Gasteiger partial charge in [0.25, 0.3) is 0 Å². The third-order valence-corrected chi connectivity index (χ3v) is 5.54. The SMILES string of the molecule is CCN(CC)CCOc1ccc(/C=C/C(=O)NC2CCC(C)CC2)cc1OC. The van der Waals surface area contributed by atoms with Crippen molar-refractivity contribution >= 4 is 12.0 Å². The van der Waals surface area contributed by atoms with Crippen molar-refractivity contribution < 1.29 is 14.3 Å². The summed E-state index contributed by atoms with van der Waals surface area (Å²) in [4.78, 5) is 14.5. The summed E-state index contributed by atoms with van der Waals surface area (Å²) in [5.41, 5.74) is 0.917. The fourth-order valence-corrected chi connectivity index (χ4v) is 3.56. The number of nitrogens with zero attached hydrogens (tertiary/aromatic N) is 1. The van der Waals surface area contributed by atoms with Crippen molar-refractivity contribution in [2.24, 2.45) is 5.92 Å². The standard InChI is InChI=1S/C23H36N2O3/c1-5-25(6-2)15-16-28-21-13-9-19(17-22(21)27-4)10-14-23(26)24-20-11-7-18(3)8-12-20/h9-10,13-14,17-18,20H,5-8,11-12,15-16H2,1-4H3,(H,24,26)/b14-10+. The molecule has 156 valence electrons. The second-order valence-electron chi connectivity index (χ2n) is 7.58. The monoisotopic (exact) mass is 388 g/mol. The molecule has 0 spiro atoms. The number of benzene rings is 1. The Balaban J connectivity index is 1.87. The van der Waals surface area contributed by atoms with Crippen LogP contribution in [0.1, 0.15) is 52.0 Å². The van der Waals surface area contributed by atoms with Gasteiger partial charge in [-0.05, 0) is 68.5 Å². The third kappa shape index (κ3) is 7.19. The fourth-order valence-electron chi connectivity index (χ4n) is 3.56. The zero-order valence-electron chi connectivity index (χ0n) is 17.9. The number of amides is 1. The number of nitrogens with one attached hydrogen (secondary N) is 1. The maximum Gasteiger partial charge on any atom is 0.244 e. The number of hydrogen-bond acceptors (Lipinski definition) is 4. The predicted molar refractivity (Wildman–Crippen MR) is 115 cm³/mol. The zero-order valence-corrected chi connectivity index (χ0v) is 17.9. The van der Waals surface area contributed by atoms with Gasteiger partial charge in [0.2, 0.25) is 5.91 Å². The molecule has 0 unspecified atom stereocenters. The van der Waals surface area contributed by atoms with Crippen LogP contribution >= 0.6 is 0 Å². The average molecular weight is 389 g/mol. The molecule has 0 radical (unpaired) electrons. The van der Waals surface area contributed by atoms with Crippen LogP contribution in [0.5, 0.6) is 11.5 Å². The van der Waals surface area contributed by atoms with Crippen molar-refractivity contribution in [3.05, 3.63) is 29.8 Å². The fraction of sp³-hybridized carbons (Fsp3) is 0.609. The number of rotatable bonds is 10. The van der Waals surface area contributed by atoms with Crippen LogP contribution in [0.3, 0.4) is 0 Å². The summed E-state index contributed by atoms with van der Waals surface area (Å²) in [7, 11) is 1.64. The first kappa shape index (κ1) is 22.3. The number of ether oxygens (including phenoxy) is 2. The van der Waals surface area contributed by atoms with E-state index in [1.54, 1.807) is 13.2 Å². The Bertz CT molecular complexity index is 633. The van der Waals surface area contributed by atoms with E-state index in [4.69, 9.17) is 9.47 Å². The topological polar surface area (TPSA) is 50.8 Å². The van der Waals surface area contributed by atoms with Crippen molar-refractivity contribution in [3.8, 4) is 11.5 Å².